The molecule has 0 saturated heterocycles. The molecule has 1 heterocycles. The highest BCUT2D eigenvalue weighted by Gasteiger charge is 2.14. The number of benzene rings is 1. The van der Waals surface area contributed by atoms with Gasteiger partial charge < -0.3 is 20.1 Å². The Labute approximate surface area is 162 Å². The third kappa shape index (κ3) is 6.81. The lowest BCUT2D eigenvalue weighted by Crippen LogP contribution is -2.47. The summed E-state index contributed by atoms with van der Waals surface area (Å²) < 4.78 is 11.8. The molecule has 2 N–H and O–H groups in total. The minimum atomic E-state index is -0.0777. The van der Waals surface area contributed by atoms with E-state index in [0.717, 1.165) is 17.9 Å². The third-order valence-corrected chi connectivity index (χ3v) is 3.53. The molecule has 1 aromatic heterocycles. The third-order valence-electron chi connectivity index (χ3n) is 3.53. The van der Waals surface area contributed by atoms with E-state index in [1.807, 2.05) is 36.4 Å². The maximum atomic E-state index is 6.07. The van der Waals surface area contributed by atoms with Gasteiger partial charge in [-0.15, -0.1) is 0 Å². The number of guanidine groups is 1. The summed E-state index contributed by atoms with van der Waals surface area (Å²) in [6.07, 6.45) is 2.66. The Morgan fingerprint density at radius 2 is 1.85 bits per heavy atom. The molecule has 0 bridgehead atoms. The molecule has 6 heteroatoms. The van der Waals surface area contributed by atoms with Crippen LogP contribution in [0.1, 0.15) is 39.7 Å². The topological polar surface area (TPSA) is 67.8 Å². The maximum Gasteiger partial charge on any atom is 0.224 e. The number of nitrogens with zero attached hydrogens (tertiary/aromatic N) is 2. The molecule has 0 fully saturated rings. The standard InChI is InChI=1S/C21H30N4O2/c1-6-14-26-17-11-7-8-12-18(17)27-19-16(10-9-13-23-19)15-24-20(22-5)25-21(2,3)4/h7-13H,6,14-15H2,1-5H3,(H2,22,24,25). The molecule has 27 heavy (non-hydrogen) atoms. The van der Waals surface area contributed by atoms with Gasteiger partial charge in [0.25, 0.3) is 0 Å². The summed E-state index contributed by atoms with van der Waals surface area (Å²) >= 11 is 0. The second-order valence-electron chi connectivity index (χ2n) is 7.17. The lowest BCUT2D eigenvalue weighted by molar-refractivity contribution is 0.300. The molecule has 0 aliphatic heterocycles. The van der Waals surface area contributed by atoms with Crippen molar-refractivity contribution in [1.82, 2.24) is 15.6 Å². The van der Waals surface area contributed by atoms with Gasteiger partial charge in [0.05, 0.1) is 6.61 Å². The minimum Gasteiger partial charge on any atom is -0.490 e. The van der Waals surface area contributed by atoms with E-state index >= 15 is 0 Å². The first-order valence-corrected chi connectivity index (χ1v) is 9.25. The number of hydrogen-bond acceptors (Lipinski definition) is 4. The van der Waals surface area contributed by atoms with Crippen LogP contribution in [-0.4, -0.2) is 30.1 Å². The summed E-state index contributed by atoms with van der Waals surface area (Å²) in [5.74, 6) is 2.64. The van der Waals surface area contributed by atoms with Crippen molar-refractivity contribution >= 4 is 5.96 Å². The second-order valence-corrected chi connectivity index (χ2v) is 7.17. The summed E-state index contributed by atoms with van der Waals surface area (Å²) in [4.78, 5) is 8.66. The molecular weight excluding hydrogens is 340 g/mol. The highest BCUT2D eigenvalue weighted by atomic mass is 16.5. The van der Waals surface area contributed by atoms with Crippen LogP contribution < -0.4 is 20.1 Å². The van der Waals surface area contributed by atoms with Crippen LogP contribution in [-0.2, 0) is 6.54 Å². The Morgan fingerprint density at radius 3 is 2.52 bits per heavy atom. The van der Waals surface area contributed by atoms with E-state index in [-0.39, 0.29) is 5.54 Å². The van der Waals surface area contributed by atoms with E-state index in [2.05, 4.69) is 48.3 Å². The Morgan fingerprint density at radius 1 is 1.11 bits per heavy atom. The highest BCUT2D eigenvalue weighted by Crippen LogP contribution is 2.31. The average molecular weight is 370 g/mol. The first-order valence-electron chi connectivity index (χ1n) is 9.25. The SMILES string of the molecule is CCCOc1ccccc1Oc1ncccc1CNC(=NC)NC(C)(C)C. The Hall–Kier alpha value is -2.76. The molecule has 0 amide bonds. The fourth-order valence-electron chi connectivity index (χ4n) is 2.33. The van der Waals surface area contributed by atoms with Crippen molar-refractivity contribution in [1.29, 1.82) is 0 Å². The average Bonchev–Trinajstić information content (AvgIpc) is 2.64. The van der Waals surface area contributed by atoms with Gasteiger partial charge in [-0.3, -0.25) is 4.99 Å². The number of para-hydroxylation sites is 2. The molecule has 1 aromatic carbocycles. The van der Waals surface area contributed by atoms with Crippen LogP contribution in [0.5, 0.6) is 17.4 Å². The van der Waals surface area contributed by atoms with Crippen LogP contribution in [0.15, 0.2) is 47.6 Å². The van der Waals surface area contributed by atoms with Crippen molar-refractivity contribution in [3.63, 3.8) is 0 Å². The molecule has 2 rings (SSSR count). The molecular formula is C21H30N4O2. The van der Waals surface area contributed by atoms with Gasteiger partial charge in [0.15, 0.2) is 17.5 Å². The van der Waals surface area contributed by atoms with Crippen LogP contribution in [0, 0.1) is 0 Å². The predicted molar refractivity (Wildman–Crippen MR) is 110 cm³/mol. The summed E-state index contributed by atoms with van der Waals surface area (Å²) in [5.41, 5.74) is 0.853. The number of ether oxygens (including phenoxy) is 2. The zero-order chi connectivity index (χ0) is 19.7. The van der Waals surface area contributed by atoms with Crippen LogP contribution in [0.4, 0.5) is 0 Å². The van der Waals surface area contributed by atoms with Crippen molar-refractivity contribution in [3.8, 4) is 17.4 Å². The lowest BCUT2D eigenvalue weighted by Gasteiger charge is -2.24. The number of aliphatic imine (C=N–C) groups is 1. The number of aromatic nitrogens is 1. The van der Waals surface area contributed by atoms with Crippen LogP contribution in [0.2, 0.25) is 0 Å². The van der Waals surface area contributed by atoms with E-state index in [4.69, 9.17) is 9.47 Å². The highest BCUT2D eigenvalue weighted by molar-refractivity contribution is 5.80. The maximum absolute atomic E-state index is 6.07. The zero-order valence-electron chi connectivity index (χ0n) is 16.9. The Kier molecular flexibility index (Phi) is 7.46. The molecule has 0 unspecified atom stereocenters. The van der Waals surface area contributed by atoms with Crippen LogP contribution in [0.3, 0.4) is 0 Å². The molecule has 0 saturated carbocycles. The number of hydrogen-bond donors (Lipinski definition) is 2. The fourth-order valence-corrected chi connectivity index (χ4v) is 2.33. The zero-order valence-corrected chi connectivity index (χ0v) is 16.9. The summed E-state index contributed by atoms with van der Waals surface area (Å²) in [7, 11) is 1.75. The first-order chi connectivity index (χ1) is 12.9. The number of rotatable bonds is 7. The number of pyridine rings is 1. The van der Waals surface area contributed by atoms with Crippen molar-refractivity contribution in [2.75, 3.05) is 13.7 Å². The van der Waals surface area contributed by atoms with Crippen molar-refractivity contribution in [3.05, 3.63) is 48.2 Å². The van der Waals surface area contributed by atoms with Crippen molar-refractivity contribution in [2.24, 2.45) is 4.99 Å². The van der Waals surface area contributed by atoms with Crippen molar-refractivity contribution in [2.45, 2.75) is 46.2 Å². The van der Waals surface area contributed by atoms with Gasteiger partial charge in [-0.1, -0.05) is 25.1 Å². The van der Waals surface area contributed by atoms with Gasteiger partial charge >= 0.3 is 0 Å². The largest absolute Gasteiger partial charge is 0.490 e. The van der Waals surface area contributed by atoms with Gasteiger partial charge in [-0.05, 0) is 45.4 Å². The first kappa shape index (κ1) is 20.6. The Balaban J connectivity index is 2.12. The van der Waals surface area contributed by atoms with E-state index in [9.17, 15) is 0 Å². The van der Waals surface area contributed by atoms with E-state index < -0.39 is 0 Å². The van der Waals surface area contributed by atoms with E-state index in [0.29, 0.717) is 30.5 Å². The van der Waals surface area contributed by atoms with Crippen LogP contribution >= 0.6 is 0 Å². The van der Waals surface area contributed by atoms with Gasteiger partial charge in [0.1, 0.15) is 0 Å². The molecule has 146 valence electrons. The molecule has 2 aromatic rings. The molecule has 0 aliphatic rings. The Bertz CT molecular complexity index is 754. The monoisotopic (exact) mass is 370 g/mol. The molecule has 0 atom stereocenters. The van der Waals surface area contributed by atoms with Crippen molar-refractivity contribution < 1.29 is 9.47 Å². The molecule has 6 nitrogen and oxygen atoms in total. The second kappa shape index (κ2) is 9.80. The van der Waals surface area contributed by atoms with E-state index in [1.165, 1.54) is 0 Å². The van der Waals surface area contributed by atoms with Gasteiger partial charge in [0.2, 0.25) is 5.88 Å². The van der Waals surface area contributed by atoms with Gasteiger partial charge in [-0.2, -0.15) is 0 Å². The molecule has 0 spiro atoms. The number of nitrogens with one attached hydrogen (secondary N) is 2. The van der Waals surface area contributed by atoms with Gasteiger partial charge in [0, 0.05) is 30.9 Å². The molecule has 0 radical (unpaired) electrons. The quantitative estimate of drug-likeness (QED) is 0.567. The van der Waals surface area contributed by atoms with E-state index in [1.54, 1.807) is 13.2 Å². The normalized spacial score (nSPS) is 11.8. The predicted octanol–water partition coefficient (Wildman–Crippen LogP) is 4.13. The van der Waals surface area contributed by atoms with Gasteiger partial charge in [-0.25, -0.2) is 4.98 Å². The summed E-state index contributed by atoms with van der Waals surface area (Å²) in [6, 6.07) is 11.5. The van der Waals surface area contributed by atoms with Crippen LogP contribution in [0.25, 0.3) is 0 Å². The summed E-state index contributed by atoms with van der Waals surface area (Å²) in [6.45, 7) is 9.52. The summed E-state index contributed by atoms with van der Waals surface area (Å²) in [5, 5.41) is 6.64. The fraction of sp³-hybridized carbons (Fsp3) is 0.429. The minimum absolute atomic E-state index is 0.0777. The molecule has 0 aliphatic carbocycles. The smallest absolute Gasteiger partial charge is 0.224 e. The lowest BCUT2D eigenvalue weighted by atomic mass is 10.1.